The van der Waals surface area contributed by atoms with Crippen LogP contribution in [0.15, 0.2) is 108 Å². The maximum Gasteiger partial charge on any atom is 0.410 e. The van der Waals surface area contributed by atoms with E-state index in [1.54, 1.807) is 36.1 Å². The summed E-state index contributed by atoms with van der Waals surface area (Å²) in [5.41, 5.74) is 3.75. The number of ether oxygens (including phenoxy) is 6. The Morgan fingerprint density at radius 2 is 1.76 bits per heavy atom. The zero-order valence-corrected chi connectivity index (χ0v) is 38.7. The monoisotopic (exact) mass is 916 g/mol. The van der Waals surface area contributed by atoms with E-state index in [-0.39, 0.29) is 57.1 Å². The van der Waals surface area contributed by atoms with E-state index in [9.17, 15) is 19.8 Å². The van der Waals surface area contributed by atoms with Crippen molar-refractivity contribution in [1.29, 1.82) is 0 Å². The normalized spacial score (nSPS) is 24.7. The fourth-order valence-corrected chi connectivity index (χ4v) is 10.8. The van der Waals surface area contributed by atoms with Crippen molar-refractivity contribution in [1.82, 2.24) is 4.90 Å². The molecule has 0 bridgehead atoms. The van der Waals surface area contributed by atoms with E-state index in [1.165, 1.54) is 7.11 Å². The molecule has 1 saturated carbocycles. The van der Waals surface area contributed by atoms with Gasteiger partial charge in [-0.3, -0.25) is 9.69 Å². The van der Waals surface area contributed by atoms with Crippen LogP contribution in [0.1, 0.15) is 98.5 Å². The highest BCUT2D eigenvalue weighted by Gasteiger charge is 2.66. The fourth-order valence-electron chi connectivity index (χ4n) is 10.8. The van der Waals surface area contributed by atoms with Crippen LogP contribution in [-0.2, 0) is 25.6 Å². The Labute approximate surface area is 393 Å². The summed E-state index contributed by atoms with van der Waals surface area (Å²) in [6.45, 7) is 7.04. The average Bonchev–Trinajstić information content (AvgIpc) is 3.36. The van der Waals surface area contributed by atoms with Crippen LogP contribution in [0.25, 0.3) is 10.8 Å². The molecule has 13 nitrogen and oxygen atoms in total. The van der Waals surface area contributed by atoms with Crippen LogP contribution in [0, 0.1) is 17.8 Å². The van der Waals surface area contributed by atoms with Gasteiger partial charge in [-0.15, -0.1) is 6.58 Å². The Bertz CT molecular complexity index is 2410. The van der Waals surface area contributed by atoms with E-state index < -0.39 is 30.1 Å². The maximum atomic E-state index is 14.8. The first-order valence-electron chi connectivity index (χ1n) is 23.9. The van der Waals surface area contributed by atoms with E-state index in [4.69, 9.17) is 38.4 Å². The number of amides is 1. The Morgan fingerprint density at radius 3 is 2.52 bits per heavy atom. The molecule has 0 spiro atoms. The zero-order chi connectivity index (χ0) is 46.8. The molecule has 7 atom stereocenters. The minimum absolute atomic E-state index is 0.0112. The number of hydrogen-bond donors (Lipinski definition) is 2. The number of benzene rings is 4. The van der Waals surface area contributed by atoms with Gasteiger partial charge in [-0.2, -0.15) is 0 Å². The molecule has 2 aliphatic carbocycles. The highest BCUT2D eigenvalue weighted by Crippen LogP contribution is 2.62. The maximum absolute atomic E-state index is 14.8. The van der Waals surface area contributed by atoms with Gasteiger partial charge in [-0.05, 0) is 116 Å². The molecule has 2 aliphatic heterocycles. The summed E-state index contributed by atoms with van der Waals surface area (Å²) in [4.78, 5) is 34.9. The molecule has 7 unspecified atom stereocenters. The summed E-state index contributed by atoms with van der Waals surface area (Å²) in [6, 6.07) is 24.3. The molecule has 67 heavy (non-hydrogen) atoms. The number of allylic oxidation sites excluding steroid dienone is 1. The quantitative estimate of drug-likeness (QED) is 0.0355. The topological polar surface area (TPSA) is 155 Å². The third kappa shape index (κ3) is 10.3. The van der Waals surface area contributed by atoms with Crippen molar-refractivity contribution in [2.75, 3.05) is 40.1 Å². The van der Waals surface area contributed by atoms with Gasteiger partial charge < -0.3 is 43.5 Å². The van der Waals surface area contributed by atoms with Gasteiger partial charge in [0.15, 0.2) is 6.29 Å². The van der Waals surface area contributed by atoms with Crippen molar-refractivity contribution in [2.24, 2.45) is 22.9 Å². The van der Waals surface area contributed by atoms with Crippen LogP contribution < -0.4 is 14.2 Å². The number of aliphatic hydroxyl groups is 2. The molecule has 13 heteroatoms. The van der Waals surface area contributed by atoms with Crippen molar-refractivity contribution in [3.63, 3.8) is 0 Å². The van der Waals surface area contributed by atoms with Crippen LogP contribution in [0.2, 0.25) is 0 Å². The molecule has 8 rings (SSSR count). The van der Waals surface area contributed by atoms with E-state index in [1.807, 2.05) is 42.5 Å². The molecule has 0 aromatic heterocycles. The van der Waals surface area contributed by atoms with Gasteiger partial charge in [-0.1, -0.05) is 72.6 Å². The molecular weight excluding hydrogens is 853 g/mol. The predicted molar refractivity (Wildman–Crippen MR) is 255 cm³/mol. The van der Waals surface area contributed by atoms with Gasteiger partial charge in [0, 0.05) is 37.5 Å². The van der Waals surface area contributed by atoms with Crippen LogP contribution in [0.3, 0.4) is 0 Å². The van der Waals surface area contributed by atoms with E-state index in [0.29, 0.717) is 60.1 Å². The number of carbonyl (C=O) groups excluding carboxylic acids is 2. The smallest absolute Gasteiger partial charge is 0.410 e. The second-order valence-corrected chi connectivity index (χ2v) is 17.8. The van der Waals surface area contributed by atoms with Crippen molar-refractivity contribution in [2.45, 2.75) is 102 Å². The molecule has 4 aromatic rings. The van der Waals surface area contributed by atoms with Gasteiger partial charge in [0.25, 0.3) is 0 Å². The summed E-state index contributed by atoms with van der Waals surface area (Å²) in [5, 5.41) is 27.1. The predicted octanol–water partition coefficient (Wildman–Crippen LogP) is 10.3. The first-order valence-corrected chi connectivity index (χ1v) is 23.9. The van der Waals surface area contributed by atoms with Crippen molar-refractivity contribution in [3.8, 4) is 23.0 Å². The largest absolute Gasteiger partial charge is 0.496 e. The number of methoxy groups -OCH3 is 1. The van der Waals surface area contributed by atoms with Gasteiger partial charge >= 0.3 is 6.09 Å². The number of oxime groups is 1. The standard InChI is InChI=1S/C54H64N2O11/c1-4-28-64-54-49(56(53(60)62-5-2)34-38-18-14-17-36-15-6-7-19-42(36)38)33-46(55-67-50-21-10-13-29-63-50)44-31-37(16-8-11-26-57)43(20-9-12-27-58)51(52(44)54)45-32-41(23-25-48(45)66-54)65-40-22-24-47(61-3)39(30-40)35-59/h4,6-7,14-15,17-19,22-25,30-32,35,37,43,49-52,57-58H,1,5,8-13,16,20-21,26-29,33-34H2,2-3H3. The Morgan fingerprint density at radius 1 is 0.970 bits per heavy atom. The fraction of sp³-hybridized carbons (Fsp3) is 0.463. The van der Waals surface area contributed by atoms with Gasteiger partial charge in [-0.25, -0.2) is 4.79 Å². The SMILES string of the molecule is C=CCOC12Oc3ccc(Oc4ccc(OC)c(C=O)c4)cc3C3C(CCCCO)C(CCCCO)C=C(C(=NOC4CCCCO4)CC1N(Cc1cccc4ccccc14)C(=O)OCC)C32. The summed E-state index contributed by atoms with van der Waals surface area (Å²) < 4.78 is 38.5. The highest BCUT2D eigenvalue weighted by atomic mass is 16.8. The molecule has 4 aromatic carbocycles. The number of unbranched alkanes of at least 4 members (excludes halogenated alkanes) is 2. The van der Waals surface area contributed by atoms with E-state index >= 15 is 0 Å². The lowest BCUT2D eigenvalue weighted by Crippen LogP contribution is -2.70. The Kier molecular flexibility index (Phi) is 15.9. The lowest BCUT2D eigenvalue weighted by molar-refractivity contribution is -0.256. The lowest BCUT2D eigenvalue weighted by Gasteiger charge is -2.60. The molecule has 0 radical (unpaired) electrons. The summed E-state index contributed by atoms with van der Waals surface area (Å²) in [6.07, 6.45) is 10.9. The third-order valence-corrected chi connectivity index (χ3v) is 13.7. The number of fused-ring (bicyclic) bond motifs is 3. The first kappa shape index (κ1) is 47.8. The van der Waals surface area contributed by atoms with Crippen LogP contribution in [-0.4, -0.2) is 91.5 Å². The lowest BCUT2D eigenvalue weighted by atomic mass is 9.55. The third-order valence-electron chi connectivity index (χ3n) is 13.7. The molecule has 1 amide bonds. The van der Waals surface area contributed by atoms with Crippen LogP contribution in [0.4, 0.5) is 4.79 Å². The van der Waals surface area contributed by atoms with Crippen molar-refractivity contribution in [3.05, 3.63) is 120 Å². The van der Waals surface area contributed by atoms with E-state index in [2.05, 4.69) is 30.9 Å². The Balaban J connectivity index is 1.35. The molecule has 356 valence electrons. The zero-order valence-electron chi connectivity index (χ0n) is 38.7. The number of aliphatic hydroxyl groups excluding tert-OH is 2. The molecular formula is C54H64N2O11. The second kappa shape index (κ2) is 22.4. The number of carbonyl (C=O) groups is 2. The number of nitrogens with zero attached hydrogens (tertiary/aromatic N) is 2. The minimum atomic E-state index is -1.50. The molecule has 4 aliphatic rings. The Hall–Kier alpha value is -5.73. The first-order chi connectivity index (χ1) is 32.9. The average molecular weight is 917 g/mol. The second-order valence-electron chi connectivity index (χ2n) is 17.8. The highest BCUT2D eigenvalue weighted by molar-refractivity contribution is 6.03. The number of aldehydes is 1. The van der Waals surface area contributed by atoms with Crippen molar-refractivity contribution >= 4 is 28.9 Å². The summed E-state index contributed by atoms with van der Waals surface area (Å²) in [7, 11) is 1.52. The van der Waals surface area contributed by atoms with E-state index in [0.717, 1.165) is 72.3 Å². The summed E-state index contributed by atoms with van der Waals surface area (Å²) in [5.74, 6) is -0.320. The van der Waals surface area contributed by atoms with Crippen molar-refractivity contribution < 1.29 is 53.1 Å². The summed E-state index contributed by atoms with van der Waals surface area (Å²) >= 11 is 0. The van der Waals surface area contributed by atoms with Gasteiger partial charge in [0.05, 0.1) is 50.7 Å². The number of rotatable bonds is 21. The molecule has 1 saturated heterocycles. The molecule has 2 N–H and O–H groups in total. The van der Waals surface area contributed by atoms with Crippen LogP contribution >= 0.6 is 0 Å². The minimum Gasteiger partial charge on any atom is -0.496 e. The van der Waals surface area contributed by atoms with Crippen LogP contribution in [0.5, 0.6) is 23.0 Å². The van der Waals surface area contributed by atoms with Gasteiger partial charge in [0.1, 0.15) is 29.0 Å². The molecule has 2 fully saturated rings. The molecule has 2 heterocycles. The van der Waals surface area contributed by atoms with Gasteiger partial charge in [0.2, 0.25) is 12.1 Å². The number of hydrogen-bond acceptors (Lipinski definition) is 12.